The zero-order valence-corrected chi connectivity index (χ0v) is 27.0. The lowest BCUT2D eigenvalue weighted by Gasteiger charge is -2.10. The SMILES string of the molecule is CNCc1nc(C)cs1.COc1cc(C=O)cc(C(=O)NCCCNCc2ccnc(C(C)C)c2)c1.Cc1ccccc1. The highest BCUT2D eigenvalue weighted by molar-refractivity contribution is 7.09. The van der Waals surface area contributed by atoms with Crippen LogP contribution in [0, 0.1) is 13.8 Å². The Morgan fingerprint density at radius 1 is 1.02 bits per heavy atom. The number of carbonyl (C=O) groups excluding carboxylic acids is 2. The summed E-state index contributed by atoms with van der Waals surface area (Å²) in [5.74, 6) is 0.689. The first-order valence-electron chi connectivity index (χ1n) is 14.4. The average Bonchev–Trinajstić information content (AvgIpc) is 3.44. The maximum absolute atomic E-state index is 12.2. The van der Waals surface area contributed by atoms with Gasteiger partial charge < -0.3 is 20.7 Å². The molecule has 0 bridgehead atoms. The van der Waals surface area contributed by atoms with Crippen molar-refractivity contribution in [2.75, 3.05) is 27.2 Å². The molecule has 4 aromatic rings. The molecular weight excluding hydrogens is 558 g/mol. The topological polar surface area (TPSA) is 105 Å². The standard InChI is InChI=1S/C21H27N3O3.C7H8.C6H10N2S/c1-15(2)20-11-16(5-8-23-20)13-22-6-4-7-24-21(26)18-9-17(14-25)10-19(12-18)27-3;1-7-5-3-2-4-6-7;1-5-4-9-6(8-5)3-7-2/h5,8-12,14-15,22H,4,6-7,13H2,1-3H3,(H,24,26);2-6H,1H3;4,7H,3H2,1-2H3. The number of amides is 1. The number of pyridine rings is 1. The van der Waals surface area contributed by atoms with Crippen molar-refractivity contribution >= 4 is 23.5 Å². The number of nitrogens with zero attached hydrogens (tertiary/aromatic N) is 2. The van der Waals surface area contributed by atoms with E-state index in [1.807, 2.05) is 44.4 Å². The minimum atomic E-state index is -0.215. The Bertz CT molecular complexity index is 1380. The normalized spacial score (nSPS) is 10.2. The third kappa shape index (κ3) is 14.2. The van der Waals surface area contributed by atoms with Gasteiger partial charge in [0.15, 0.2) is 0 Å². The summed E-state index contributed by atoms with van der Waals surface area (Å²) in [5, 5.41) is 12.5. The molecule has 0 aliphatic heterocycles. The molecule has 4 rings (SSSR count). The Kier molecular flexibility index (Phi) is 16.5. The smallest absolute Gasteiger partial charge is 0.251 e. The third-order valence-electron chi connectivity index (χ3n) is 6.08. The Labute approximate surface area is 260 Å². The van der Waals surface area contributed by atoms with Gasteiger partial charge in [0, 0.05) is 53.7 Å². The molecular formula is C34H45N5O3S. The fraction of sp³-hybridized carbons (Fsp3) is 0.353. The van der Waals surface area contributed by atoms with Crippen molar-refractivity contribution in [2.45, 2.75) is 53.1 Å². The Morgan fingerprint density at radius 3 is 2.37 bits per heavy atom. The molecule has 9 heteroatoms. The van der Waals surface area contributed by atoms with Gasteiger partial charge in [-0.05, 0) is 75.7 Å². The number of methoxy groups -OCH3 is 1. The summed E-state index contributed by atoms with van der Waals surface area (Å²) < 4.78 is 5.12. The van der Waals surface area contributed by atoms with Crippen LogP contribution in [0.15, 0.2) is 72.2 Å². The largest absolute Gasteiger partial charge is 0.497 e. The van der Waals surface area contributed by atoms with Gasteiger partial charge in [-0.3, -0.25) is 14.6 Å². The number of benzene rings is 2. The fourth-order valence-corrected chi connectivity index (χ4v) is 4.56. The van der Waals surface area contributed by atoms with Gasteiger partial charge in [-0.25, -0.2) is 4.98 Å². The third-order valence-corrected chi connectivity index (χ3v) is 7.05. The van der Waals surface area contributed by atoms with Gasteiger partial charge in [-0.2, -0.15) is 0 Å². The zero-order valence-electron chi connectivity index (χ0n) is 26.1. The summed E-state index contributed by atoms with van der Waals surface area (Å²) in [5.41, 5.74) is 5.57. The Morgan fingerprint density at radius 2 is 1.79 bits per heavy atom. The van der Waals surface area contributed by atoms with E-state index >= 15 is 0 Å². The Balaban J connectivity index is 0.000000324. The second-order valence-corrected chi connectivity index (χ2v) is 11.2. The molecule has 2 aromatic heterocycles. The molecule has 0 spiro atoms. The molecule has 0 aliphatic carbocycles. The molecule has 0 unspecified atom stereocenters. The van der Waals surface area contributed by atoms with Crippen LogP contribution in [-0.4, -0.2) is 49.4 Å². The second-order valence-electron chi connectivity index (χ2n) is 10.2. The highest BCUT2D eigenvalue weighted by Gasteiger charge is 2.09. The van der Waals surface area contributed by atoms with Gasteiger partial charge >= 0.3 is 0 Å². The van der Waals surface area contributed by atoms with Crippen LogP contribution in [0.5, 0.6) is 5.75 Å². The average molecular weight is 604 g/mol. The molecule has 0 saturated carbocycles. The van der Waals surface area contributed by atoms with E-state index in [4.69, 9.17) is 4.74 Å². The van der Waals surface area contributed by atoms with Crippen LogP contribution >= 0.6 is 11.3 Å². The van der Waals surface area contributed by atoms with Crippen molar-refractivity contribution in [3.8, 4) is 5.75 Å². The summed E-state index contributed by atoms with van der Waals surface area (Å²) in [6.45, 7) is 11.3. The quantitative estimate of drug-likeness (QED) is 0.133. The molecule has 0 radical (unpaired) electrons. The van der Waals surface area contributed by atoms with Gasteiger partial charge in [-0.1, -0.05) is 49.7 Å². The van der Waals surface area contributed by atoms with Crippen molar-refractivity contribution in [1.82, 2.24) is 25.9 Å². The number of aryl methyl sites for hydroxylation is 2. The van der Waals surface area contributed by atoms with Crippen molar-refractivity contribution in [1.29, 1.82) is 0 Å². The molecule has 1 amide bonds. The van der Waals surface area contributed by atoms with Crippen LogP contribution in [0.3, 0.4) is 0 Å². The first-order valence-corrected chi connectivity index (χ1v) is 15.3. The van der Waals surface area contributed by atoms with Crippen LogP contribution < -0.4 is 20.7 Å². The lowest BCUT2D eigenvalue weighted by molar-refractivity contribution is 0.0953. The van der Waals surface area contributed by atoms with E-state index < -0.39 is 0 Å². The number of rotatable bonds is 12. The van der Waals surface area contributed by atoms with Crippen molar-refractivity contribution in [3.05, 3.63) is 111 Å². The molecule has 230 valence electrons. The Hall–Kier alpha value is -3.92. The second kappa shape index (κ2) is 20.1. The number of hydrogen-bond donors (Lipinski definition) is 3. The maximum atomic E-state index is 12.2. The van der Waals surface area contributed by atoms with E-state index in [1.54, 1.807) is 29.5 Å². The van der Waals surface area contributed by atoms with E-state index in [2.05, 4.69) is 70.3 Å². The lowest BCUT2D eigenvalue weighted by atomic mass is 10.1. The fourth-order valence-electron chi connectivity index (χ4n) is 3.78. The summed E-state index contributed by atoms with van der Waals surface area (Å²) in [6.07, 6.45) is 3.35. The summed E-state index contributed by atoms with van der Waals surface area (Å²) >= 11 is 1.70. The van der Waals surface area contributed by atoms with Crippen LogP contribution in [0.25, 0.3) is 0 Å². The number of hydrogen-bond acceptors (Lipinski definition) is 8. The van der Waals surface area contributed by atoms with E-state index in [9.17, 15) is 9.59 Å². The van der Waals surface area contributed by atoms with Gasteiger partial charge in [0.05, 0.1) is 7.11 Å². The van der Waals surface area contributed by atoms with E-state index in [0.717, 1.165) is 42.5 Å². The molecule has 43 heavy (non-hydrogen) atoms. The zero-order chi connectivity index (χ0) is 31.5. The van der Waals surface area contributed by atoms with Crippen molar-refractivity contribution in [3.63, 3.8) is 0 Å². The predicted octanol–water partition coefficient (Wildman–Crippen LogP) is 6.10. The molecule has 0 fully saturated rings. The van der Waals surface area contributed by atoms with Gasteiger partial charge in [0.25, 0.3) is 5.91 Å². The molecule has 2 heterocycles. The molecule has 3 N–H and O–H groups in total. The summed E-state index contributed by atoms with van der Waals surface area (Å²) in [4.78, 5) is 31.8. The van der Waals surface area contributed by atoms with Gasteiger partial charge in [0.1, 0.15) is 17.0 Å². The van der Waals surface area contributed by atoms with Crippen LogP contribution in [0.2, 0.25) is 0 Å². The van der Waals surface area contributed by atoms with E-state index in [-0.39, 0.29) is 5.91 Å². The molecule has 0 aliphatic rings. The number of thiazole rings is 1. The monoisotopic (exact) mass is 603 g/mol. The number of nitrogens with one attached hydrogen (secondary N) is 3. The predicted molar refractivity (Wildman–Crippen MR) is 176 cm³/mol. The van der Waals surface area contributed by atoms with Crippen molar-refractivity contribution < 1.29 is 14.3 Å². The minimum absolute atomic E-state index is 0.215. The van der Waals surface area contributed by atoms with Crippen molar-refractivity contribution in [2.24, 2.45) is 0 Å². The number of aromatic nitrogens is 2. The first kappa shape index (κ1) is 35.3. The van der Waals surface area contributed by atoms with Crippen LogP contribution in [-0.2, 0) is 13.1 Å². The summed E-state index contributed by atoms with van der Waals surface area (Å²) in [6, 6.07) is 19.2. The first-order chi connectivity index (χ1) is 20.7. The number of aldehydes is 1. The minimum Gasteiger partial charge on any atom is -0.497 e. The van der Waals surface area contributed by atoms with Crippen LogP contribution in [0.4, 0.5) is 0 Å². The maximum Gasteiger partial charge on any atom is 0.251 e. The number of ether oxygens (including phenoxy) is 1. The molecule has 0 saturated heterocycles. The summed E-state index contributed by atoms with van der Waals surface area (Å²) in [7, 11) is 3.43. The van der Waals surface area contributed by atoms with Gasteiger partial charge in [0.2, 0.25) is 0 Å². The van der Waals surface area contributed by atoms with E-state index in [0.29, 0.717) is 35.6 Å². The highest BCUT2D eigenvalue weighted by Crippen LogP contribution is 2.16. The molecule has 2 aromatic carbocycles. The van der Waals surface area contributed by atoms with Gasteiger partial charge in [-0.15, -0.1) is 11.3 Å². The molecule has 0 atom stereocenters. The highest BCUT2D eigenvalue weighted by atomic mass is 32.1. The van der Waals surface area contributed by atoms with Crippen LogP contribution in [0.1, 0.15) is 74.4 Å². The van der Waals surface area contributed by atoms with E-state index in [1.165, 1.54) is 18.2 Å². The lowest BCUT2D eigenvalue weighted by Crippen LogP contribution is -2.27. The molecule has 8 nitrogen and oxygen atoms in total. The number of carbonyl (C=O) groups is 2.